The quantitative estimate of drug-likeness (QED) is 0.690. The van der Waals surface area contributed by atoms with Crippen molar-refractivity contribution in [1.82, 2.24) is 9.55 Å². The summed E-state index contributed by atoms with van der Waals surface area (Å²) in [5.74, 6) is -1.95. The number of hydrogen-bond acceptors (Lipinski definition) is 4. The maximum Gasteiger partial charge on any atom is 0.255 e. The number of carbonyl (C=O) groups excluding carboxylic acids is 2. The van der Waals surface area contributed by atoms with Gasteiger partial charge in [0.1, 0.15) is 29.5 Å². The van der Waals surface area contributed by atoms with E-state index in [9.17, 15) is 18.4 Å². The third-order valence-electron chi connectivity index (χ3n) is 4.54. The van der Waals surface area contributed by atoms with Crippen molar-refractivity contribution < 1.29 is 23.1 Å². The number of primary amides is 1. The second-order valence-electron chi connectivity index (χ2n) is 6.61. The number of rotatable bonds is 5. The van der Waals surface area contributed by atoms with Crippen molar-refractivity contribution in [3.05, 3.63) is 71.7 Å². The number of nitrogens with two attached hydrogens (primary N) is 1. The molecule has 148 valence electrons. The summed E-state index contributed by atoms with van der Waals surface area (Å²) in [6.07, 6.45) is 1.55. The van der Waals surface area contributed by atoms with Crippen LogP contribution in [0.3, 0.4) is 0 Å². The van der Waals surface area contributed by atoms with Gasteiger partial charge in [0.15, 0.2) is 6.61 Å². The number of aromatic nitrogens is 2. The van der Waals surface area contributed by atoms with Crippen molar-refractivity contribution in [3.8, 4) is 11.4 Å². The number of halogens is 2. The monoisotopic (exact) mass is 398 g/mol. The van der Waals surface area contributed by atoms with Crippen molar-refractivity contribution >= 4 is 17.6 Å². The van der Waals surface area contributed by atoms with Crippen LogP contribution in [0.4, 0.5) is 14.6 Å². The van der Waals surface area contributed by atoms with Gasteiger partial charge in [-0.25, -0.2) is 13.8 Å². The summed E-state index contributed by atoms with van der Waals surface area (Å²) < 4.78 is 34.0. The number of hydrogen-bond donors (Lipinski definition) is 2. The van der Waals surface area contributed by atoms with Gasteiger partial charge in [0.05, 0.1) is 11.4 Å². The van der Waals surface area contributed by atoms with E-state index >= 15 is 0 Å². The molecule has 1 atom stereocenters. The molecule has 29 heavy (non-hydrogen) atoms. The van der Waals surface area contributed by atoms with E-state index in [0.717, 1.165) is 23.8 Å². The predicted molar refractivity (Wildman–Crippen MR) is 99.7 cm³/mol. The van der Waals surface area contributed by atoms with Crippen LogP contribution in [0.1, 0.15) is 23.6 Å². The lowest BCUT2D eigenvalue weighted by atomic mass is 9.89. The van der Waals surface area contributed by atoms with Crippen LogP contribution in [-0.4, -0.2) is 28.0 Å². The molecule has 3 N–H and O–H groups in total. The van der Waals surface area contributed by atoms with Gasteiger partial charge in [-0.3, -0.25) is 14.2 Å². The Labute approximate surface area is 164 Å². The van der Waals surface area contributed by atoms with E-state index < -0.39 is 23.5 Å². The minimum absolute atomic E-state index is 0.140. The van der Waals surface area contributed by atoms with Gasteiger partial charge >= 0.3 is 0 Å². The smallest absolute Gasteiger partial charge is 0.255 e. The van der Waals surface area contributed by atoms with E-state index in [-0.39, 0.29) is 24.6 Å². The number of ether oxygens (including phenoxy) is 1. The van der Waals surface area contributed by atoms with Crippen LogP contribution in [0.15, 0.2) is 48.8 Å². The third kappa shape index (κ3) is 3.79. The van der Waals surface area contributed by atoms with Gasteiger partial charge < -0.3 is 15.8 Å². The van der Waals surface area contributed by atoms with Gasteiger partial charge in [0, 0.05) is 18.4 Å². The highest BCUT2D eigenvalue weighted by molar-refractivity contribution is 5.94. The highest BCUT2D eigenvalue weighted by atomic mass is 19.1. The molecular weight excluding hydrogens is 382 g/mol. The highest BCUT2D eigenvalue weighted by Crippen LogP contribution is 2.38. The molecule has 2 heterocycles. The normalized spacial score (nSPS) is 15.5. The van der Waals surface area contributed by atoms with Crippen LogP contribution in [0.5, 0.6) is 5.75 Å². The zero-order chi connectivity index (χ0) is 20.5. The second-order valence-corrected chi connectivity index (χ2v) is 6.61. The van der Waals surface area contributed by atoms with Gasteiger partial charge in [-0.2, -0.15) is 0 Å². The Hall–Kier alpha value is -3.75. The van der Waals surface area contributed by atoms with E-state index in [4.69, 9.17) is 10.5 Å². The number of fused-ring (bicyclic) bond motifs is 1. The summed E-state index contributed by atoms with van der Waals surface area (Å²) in [6.45, 7) is -0.264. The van der Waals surface area contributed by atoms with E-state index in [0.29, 0.717) is 17.3 Å². The molecule has 1 aliphatic heterocycles. The summed E-state index contributed by atoms with van der Waals surface area (Å²) in [7, 11) is 0. The molecular formula is C20H16F2N4O3. The lowest BCUT2D eigenvalue weighted by Gasteiger charge is -2.23. The Bertz CT molecular complexity index is 1090. The minimum atomic E-state index is -0.736. The van der Waals surface area contributed by atoms with E-state index in [1.807, 2.05) is 6.07 Å². The topological polar surface area (TPSA) is 99.2 Å². The standard InChI is InChI=1S/C20H16F2N4O3/c21-12-5-13(22)7-14(6-12)26-10-24-19-16(8-18(28)25-20(19)26)11-2-1-3-15(4-11)29-9-17(23)27/h1-7,10,16H,8-9H2,(H2,23,27)(H,25,28)/t16-/m0/s1. The van der Waals surface area contributed by atoms with Crippen LogP contribution in [0.25, 0.3) is 5.69 Å². The van der Waals surface area contributed by atoms with E-state index in [1.165, 1.54) is 10.9 Å². The second kappa shape index (κ2) is 7.34. The predicted octanol–water partition coefficient (Wildman–Crippen LogP) is 2.49. The number of imidazole rings is 1. The van der Waals surface area contributed by atoms with Gasteiger partial charge in [-0.05, 0) is 29.8 Å². The summed E-state index contributed by atoms with van der Waals surface area (Å²) in [5.41, 5.74) is 6.61. The fourth-order valence-corrected chi connectivity index (χ4v) is 3.33. The third-order valence-corrected chi connectivity index (χ3v) is 4.54. The van der Waals surface area contributed by atoms with Crippen molar-refractivity contribution in [2.24, 2.45) is 5.73 Å². The Balaban J connectivity index is 1.73. The average Bonchev–Trinajstić information content (AvgIpc) is 3.09. The minimum Gasteiger partial charge on any atom is -0.484 e. The molecule has 0 radical (unpaired) electrons. The molecule has 0 fully saturated rings. The van der Waals surface area contributed by atoms with Crippen molar-refractivity contribution in [2.75, 3.05) is 11.9 Å². The average molecular weight is 398 g/mol. The summed E-state index contributed by atoms with van der Waals surface area (Å²) >= 11 is 0. The SMILES string of the molecule is NC(=O)COc1cccc([C@@H]2CC(=O)Nc3c2ncn3-c2cc(F)cc(F)c2)c1. The van der Waals surface area contributed by atoms with Gasteiger partial charge in [0.2, 0.25) is 5.91 Å². The molecule has 0 spiro atoms. The van der Waals surface area contributed by atoms with Crippen LogP contribution < -0.4 is 15.8 Å². The maximum absolute atomic E-state index is 13.6. The zero-order valence-corrected chi connectivity index (χ0v) is 15.1. The molecule has 1 aliphatic rings. The van der Waals surface area contributed by atoms with Crippen molar-refractivity contribution in [1.29, 1.82) is 0 Å². The molecule has 0 unspecified atom stereocenters. The van der Waals surface area contributed by atoms with E-state index in [2.05, 4.69) is 10.3 Å². The molecule has 0 saturated carbocycles. The molecule has 0 saturated heterocycles. The van der Waals surface area contributed by atoms with Crippen LogP contribution >= 0.6 is 0 Å². The first-order valence-electron chi connectivity index (χ1n) is 8.75. The van der Waals surface area contributed by atoms with Crippen LogP contribution in [0, 0.1) is 11.6 Å². The van der Waals surface area contributed by atoms with E-state index in [1.54, 1.807) is 18.2 Å². The number of carbonyl (C=O) groups is 2. The van der Waals surface area contributed by atoms with Crippen molar-refractivity contribution in [2.45, 2.75) is 12.3 Å². The number of anilines is 1. The van der Waals surface area contributed by atoms with Crippen LogP contribution in [-0.2, 0) is 9.59 Å². The first-order valence-corrected chi connectivity index (χ1v) is 8.75. The van der Waals surface area contributed by atoms with Gasteiger partial charge in [-0.15, -0.1) is 0 Å². The van der Waals surface area contributed by atoms with Gasteiger partial charge in [0.25, 0.3) is 5.91 Å². The summed E-state index contributed by atoms with van der Waals surface area (Å²) in [5, 5.41) is 2.72. The van der Waals surface area contributed by atoms with Crippen LogP contribution in [0.2, 0.25) is 0 Å². The first-order chi connectivity index (χ1) is 13.9. The largest absolute Gasteiger partial charge is 0.484 e. The molecule has 2 amide bonds. The fourth-order valence-electron chi connectivity index (χ4n) is 3.33. The Kier molecular flexibility index (Phi) is 4.71. The number of benzene rings is 2. The molecule has 0 aliphatic carbocycles. The summed E-state index contributed by atoms with van der Waals surface area (Å²) in [4.78, 5) is 27.6. The molecule has 9 heteroatoms. The summed E-state index contributed by atoms with van der Waals surface area (Å²) in [6, 6.07) is 9.99. The maximum atomic E-state index is 13.6. The number of nitrogens with one attached hydrogen (secondary N) is 1. The van der Waals surface area contributed by atoms with Crippen molar-refractivity contribution in [3.63, 3.8) is 0 Å². The fraction of sp³-hybridized carbons (Fsp3) is 0.150. The molecule has 2 aromatic carbocycles. The molecule has 4 rings (SSSR count). The van der Waals surface area contributed by atoms with Gasteiger partial charge in [-0.1, -0.05) is 12.1 Å². The first kappa shape index (κ1) is 18.6. The highest BCUT2D eigenvalue weighted by Gasteiger charge is 2.31. The number of amides is 2. The molecule has 1 aromatic heterocycles. The molecule has 7 nitrogen and oxygen atoms in total. The zero-order valence-electron chi connectivity index (χ0n) is 15.1. The Morgan fingerprint density at radius 2 is 2.00 bits per heavy atom. The lowest BCUT2D eigenvalue weighted by molar-refractivity contribution is -0.120. The Morgan fingerprint density at radius 1 is 1.24 bits per heavy atom. The molecule has 0 bridgehead atoms. The molecule has 3 aromatic rings. The number of nitrogens with zero attached hydrogens (tertiary/aromatic N) is 2. The lowest BCUT2D eigenvalue weighted by Crippen LogP contribution is -2.25. The Morgan fingerprint density at radius 3 is 2.72 bits per heavy atom.